The standard InChI is InChI=1S/C21H42N6O4S/c1-5-21(2,28)15-8-9-22-18(10-15)27-13-16(12-24-27)32(29,30)25-19-17(31-4)7-6-14-11-23-26(3)20(14)19/h14-20,22-25,28H,5-13H2,1-4H3/t14?,15?,16?,17?,18?,19?,20?,21-/m1/s1. The Hall–Kier alpha value is -0.370. The lowest BCUT2D eigenvalue weighted by atomic mass is 9.79. The molecule has 5 N–H and O–H groups in total. The molecule has 4 aliphatic rings. The molecule has 1 saturated carbocycles. The highest BCUT2D eigenvalue weighted by molar-refractivity contribution is 7.90. The number of nitrogens with one attached hydrogen (secondary N) is 4. The normalized spacial score (nSPS) is 41.5. The SMILES string of the molecule is CC[C@@](C)(O)C1CCNC(N2CC(S(=O)(=O)NC3C(OC)CCC4CNN(C)C43)CN2)C1. The zero-order valence-corrected chi connectivity index (χ0v) is 20.7. The van der Waals surface area contributed by atoms with Crippen LogP contribution in [0.25, 0.3) is 0 Å². The highest BCUT2D eigenvalue weighted by Crippen LogP contribution is 2.34. The highest BCUT2D eigenvalue weighted by atomic mass is 32.2. The number of sulfonamides is 1. The summed E-state index contributed by atoms with van der Waals surface area (Å²) in [6.45, 7) is 6.42. The molecule has 0 radical (unpaired) electrons. The molecule has 0 aromatic carbocycles. The van der Waals surface area contributed by atoms with Crippen molar-refractivity contribution in [2.24, 2.45) is 11.8 Å². The van der Waals surface area contributed by atoms with Crippen molar-refractivity contribution in [1.29, 1.82) is 0 Å². The molecule has 3 heterocycles. The molecule has 3 aliphatic heterocycles. The molecule has 0 spiro atoms. The predicted octanol–water partition coefficient (Wildman–Crippen LogP) is -0.806. The van der Waals surface area contributed by atoms with E-state index in [2.05, 4.69) is 20.9 Å². The van der Waals surface area contributed by atoms with Crippen LogP contribution in [-0.4, -0.2) is 99.1 Å². The van der Waals surface area contributed by atoms with Gasteiger partial charge in [0.2, 0.25) is 10.0 Å². The van der Waals surface area contributed by atoms with Gasteiger partial charge in [-0.15, -0.1) is 0 Å². The van der Waals surface area contributed by atoms with E-state index in [9.17, 15) is 13.5 Å². The minimum atomic E-state index is -3.55. The molecule has 4 fully saturated rings. The summed E-state index contributed by atoms with van der Waals surface area (Å²) in [5.74, 6) is 0.619. The molecule has 0 amide bonds. The third-order valence-corrected chi connectivity index (χ3v) is 10.2. The lowest BCUT2D eigenvalue weighted by Gasteiger charge is -2.42. The fourth-order valence-corrected chi connectivity index (χ4v) is 7.60. The van der Waals surface area contributed by atoms with Crippen LogP contribution < -0.4 is 20.9 Å². The Balaban J connectivity index is 1.41. The summed E-state index contributed by atoms with van der Waals surface area (Å²) in [4.78, 5) is 0. The van der Waals surface area contributed by atoms with Crippen LogP contribution >= 0.6 is 0 Å². The minimum Gasteiger partial charge on any atom is -0.390 e. The molecule has 0 bridgehead atoms. The van der Waals surface area contributed by atoms with Gasteiger partial charge < -0.3 is 15.2 Å². The number of hydrogen-bond acceptors (Lipinski definition) is 9. The van der Waals surface area contributed by atoms with Gasteiger partial charge in [-0.25, -0.2) is 23.2 Å². The quantitative estimate of drug-likeness (QED) is 0.323. The number of hydrogen-bond donors (Lipinski definition) is 5. The van der Waals surface area contributed by atoms with Crippen molar-refractivity contribution >= 4 is 10.0 Å². The first kappa shape index (κ1) is 24.7. The zero-order valence-electron chi connectivity index (χ0n) is 19.9. The van der Waals surface area contributed by atoms with Gasteiger partial charge in [0.05, 0.1) is 23.9 Å². The Morgan fingerprint density at radius 2 is 2.00 bits per heavy atom. The van der Waals surface area contributed by atoms with Crippen LogP contribution in [0.3, 0.4) is 0 Å². The molecule has 0 aromatic rings. The molecular weight excluding hydrogens is 432 g/mol. The lowest BCUT2D eigenvalue weighted by Crippen LogP contribution is -2.61. The van der Waals surface area contributed by atoms with Crippen molar-refractivity contribution in [2.45, 2.75) is 81.2 Å². The van der Waals surface area contributed by atoms with Crippen molar-refractivity contribution < 1.29 is 18.3 Å². The van der Waals surface area contributed by atoms with Gasteiger partial charge in [0.25, 0.3) is 0 Å². The number of likely N-dealkylation sites (N-methyl/N-ethyl adjacent to an activating group) is 1. The van der Waals surface area contributed by atoms with Crippen LogP contribution in [-0.2, 0) is 14.8 Å². The zero-order chi connectivity index (χ0) is 23.1. The van der Waals surface area contributed by atoms with Crippen LogP contribution in [0.4, 0.5) is 0 Å². The molecule has 10 nitrogen and oxygen atoms in total. The lowest BCUT2D eigenvalue weighted by molar-refractivity contribution is -0.0408. The van der Waals surface area contributed by atoms with E-state index in [0.717, 1.165) is 38.8 Å². The molecule has 4 rings (SSSR count). The van der Waals surface area contributed by atoms with Gasteiger partial charge >= 0.3 is 0 Å². The third kappa shape index (κ3) is 4.87. The maximum absolute atomic E-state index is 13.4. The summed E-state index contributed by atoms with van der Waals surface area (Å²) in [6, 6.07) is -0.180. The molecule has 0 aromatic heterocycles. The van der Waals surface area contributed by atoms with E-state index in [1.807, 2.05) is 30.9 Å². The number of nitrogens with zero attached hydrogens (tertiary/aromatic N) is 2. The van der Waals surface area contributed by atoms with Crippen LogP contribution in [0, 0.1) is 11.8 Å². The van der Waals surface area contributed by atoms with Gasteiger partial charge in [0.1, 0.15) is 5.25 Å². The Bertz CT molecular complexity index is 753. The minimum absolute atomic E-state index is 0.0166. The van der Waals surface area contributed by atoms with Crippen molar-refractivity contribution in [3.63, 3.8) is 0 Å². The third-order valence-electron chi connectivity index (χ3n) is 8.44. The van der Waals surface area contributed by atoms with E-state index in [1.54, 1.807) is 7.11 Å². The average Bonchev–Trinajstić information content (AvgIpc) is 3.42. The molecule has 11 heteroatoms. The molecule has 32 heavy (non-hydrogen) atoms. The van der Waals surface area contributed by atoms with E-state index in [1.165, 1.54) is 0 Å². The molecule has 8 atom stereocenters. The van der Waals surface area contributed by atoms with Gasteiger partial charge in [0.15, 0.2) is 0 Å². The molecule has 3 saturated heterocycles. The van der Waals surface area contributed by atoms with Gasteiger partial charge in [-0.3, -0.25) is 10.9 Å². The Labute approximate surface area is 192 Å². The van der Waals surface area contributed by atoms with E-state index >= 15 is 0 Å². The van der Waals surface area contributed by atoms with Crippen LogP contribution in [0.2, 0.25) is 0 Å². The van der Waals surface area contributed by atoms with Crippen molar-refractivity contribution in [3.8, 4) is 0 Å². The summed E-state index contributed by atoms with van der Waals surface area (Å²) in [6.07, 6.45) is 4.22. The van der Waals surface area contributed by atoms with Crippen molar-refractivity contribution in [1.82, 2.24) is 30.9 Å². The van der Waals surface area contributed by atoms with Gasteiger partial charge in [0, 0.05) is 39.8 Å². The topological polar surface area (TPSA) is 118 Å². The van der Waals surface area contributed by atoms with Gasteiger partial charge in [-0.1, -0.05) is 6.92 Å². The number of fused-ring (bicyclic) bond motifs is 1. The molecule has 186 valence electrons. The Kier molecular flexibility index (Phi) is 7.51. The summed E-state index contributed by atoms with van der Waals surface area (Å²) in [5.41, 5.74) is 5.97. The van der Waals surface area contributed by atoms with Crippen molar-refractivity contribution in [2.75, 3.05) is 40.3 Å². The van der Waals surface area contributed by atoms with Gasteiger partial charge in [-0.2, -0.15) is 0 Å². The van der Waals surface area contributed by atoms with Crippen LogP contribution in [0.5, 0.6) is 0 Å². The second kappa shape index (κ2) is 9.71. The summed E-state index contributed by atoms with van der Waals surface area (Å²) < 4.78 is 35.6. The largest absolute Gasteiger partial charge is 0.390 e. The summed E-state index contributed by atoms with van der Waals surface area (Å²) in [7, 11) is 0.107. The van der Waals surface area contributed by atoms with E-state index in [-0.39, 0.29) is 30.3 Å². The highest BCUT2D eigenvalue weighted by Gasteiger charge is 2.48. The predicted molar refractivity (Wildman–Crippen MR) is 123 cm³/mol. The maximum Gasteiger partial charge on any atom is 0.217 e. The van der Waals surface area contributed by atoms with E-state index in [4.69, 9.17) is 4.74 Å². The van der Waals surface area contributed by atoms with Crippen molar-refractivity contribution in [3.05, 3.63) is 0 Å². The second-order valence-corrected chi connectivity index (χ2v) is 12.3. The van der Waals surface area contributed by atoms with E-state index in [0.29, 0.717) is 25.4 Å². The molecule has 1 aliphatic carbocycles. The number of hydrazine groups is 2. The fourth-order valence-electron chi connectivity index (χ4n) is 6.08. The molecular formula is C21H42N6O4S. The number of methoxy groups -OCH3 is 1. The Morgan fingerprint density at radius 3 is 2.72 bits per heavy atom. The Morgan fingerprint density at radius 1 is 1.22 bits per heavy atom. The number of piperidine rings is 1. The summed E-state index contributed by atoms with van der Waals surface area (Å²) >= 11 is 0. The number of aliphatic hydroxyl groups is 1. The summed E-state index contributed by atoms with van der Waals surface area (Å²) in [5, 5.41) is 17.8. The number of ether oxygens (including phenoxy) is 1. The molecule has 7 unspecified atom stereocenters. The van der Waals surface area contributed by atoms with Crippen LogP contribution in [0.15, 0.2) is 0 Å². The second-order valence-electron chi connectivity index (χ2n) is 10.3. The van der Waals surface area contributed by atoms with E-state index < -0.39 is 20.9 Å². The monoisotopic (exact) mass is 474 g/mol. The van der Waals surface area contributed by atoms with Gasteiger partial charge in [-0.05, 0) is 57.4 Å². The number of rotatable bonds is 7. The smallest absolute Gasteiger partial charge is 0.217 e. The first-order valence-corrected chi connectivity index (χ1v) is 13.7. The maximum atomic E-state index is 13.4. The first-order chi connectivity index (χ1) is 15.2. The first-order valence-electron chi connectivity index (χ1n) is 12.1. The van der Waals surface area contributed by atoms with Crippen LogP contribution in [0.1, 0.15) is 46.0 Å². The fraction of sp³-hybridized carbons (Fsp3) is 1.00. The average molecular weight is 475 g/mol.